The van der Waals surface area contributed by atoms with Crippen LogP contribution in [0, 0.1) is 18.3 Å². The fraction of sp³-hybridized carbons (Fsp3) is 0.308. The van der Waals surface area contributed by atoms with E-state index in [0.29, 0.717) is 24.5 Å². The average Bonchev–Trinajstić information content (AvgIpc) is 2.93. The molecule has 5 nitrogen and oxygen atoms in total. The Kier molecular flexibility index (Phi) is 4.44. The van der Waals surface area contributed by atoms with Crippen molar-refractivity contribution in [2.45, 2.75) is 19.4 Å². The highest BCUT2D eigenvalue weighted by Crippen LogP contribution is 2.17. The zero-order chi connectivity index (χ0) is 13.7. The minimum absolute atomic E-state index is 0.151. The molecule has 98 valence electrons. The molecule has 19 heavy (non-hydrogen) atoms. The van der Waals surface area contributed by atoms with Crippen molar-refractivity contribution in [3.8, 4) is 11.9 Å². The Labute approximate surface area is 115 Å². The molecule has 0 spiro atoms. The molecule has 1 unspecified atom stereocenters. The summed E-state index contributed by atoms with van der Waals surface area (Å²) in [7, 11) is 0. The Hall–Kier alpha value is -1.97. The summed E-state index contributed by atoms with van der Waals surface area (Å²) in [6.45, 7) is 2.26. The summed E-state index contributed by atoms with van der Waals surface area (Å²) >= 11 is 1.38. The number of rotatable bonds is 5. The molecule has 0 aliphatic rings. The molecule has 6 heteroatoms. The van der Waals surface area contributed by atoms with Crippen molar-refractivity contribution in [1.82, 2.24) is 9.36 Å². The number of pyridine rings is 1. The van der Waals surface area contributed by atoms with E-state index in [1.54, 1.807) is 12.1 Å². The molecule has 0 aliphatic carbocycles. The summed E-state index contributed by atoms with van der Waals surface area (Å²) in [6.07, 6.45) is 0.629. The third-order valence-electron chi connectivity index (χ3n) is 2.63. The summed E-state index contributed by atoms with van der Waals surface area (Å²) in [5.74, 6) is 0.368. The predicted molar refractivity (Wildman–Crippen MR) is 72.8 cm³/mol. The molecule has 2 aromatic heterocycles. The SMILES string of the molecule is Cc1ccc(C#N)c(OCCC(N)c2ccsn2)n1. The molecule has 2 rings (SSSR count). The van der Waals surface area contributed by atoms with Crippen LogP contribution in [0.1, 0.15) is 29.4 Å². The first-order valence-corrected chi connectivity index (χ1v) is 6.71. The first-order chi connectivity index (χ1) is 9.20. The van der Waals surface area contributed by atoms with Crippen molar-refractivity contribution < 1.29 is 4.74 Å². The largest absolute Gasteiger partial charge is 0.477 e. The smallest absolute Gasteiger partial charge is 0.231 e. The number of nitrogens with zero attached hydrogens (tertiary/aromatic N) is 3. The van der Waals surface area contributed by atoms with Gasteiger partial charge < -0.3 is 10.5 Å². The van der Waals surface area contributed by atoms with Crippen molar-refractivity contribution in [2.75, 3.05) is 6.61 Å². The highest BCUT2D eigenvalue weighted by Gasteiger charge is 2.10. The van der Waals surface area contributed by atoms with E-state index in [1.165, 1.54) is 11.5 Å². The van der Waals surface area contributed by atoms with E-state index >= 15 is 0 Å². The molecule has 2 aromatic rings. The van der Waals surface area contributed by atoms with Gasteiger partial charge in [0.1, 0.15) is 11.6 Å². The maximum absolute atomic E-state index is 8.96. The summed E-state index contributed by atoms with van der Waals surface area (Å²) in [6, 6.07) is 7.30. The minimum Gasteiger partial charge on any atom is -0.477 e. The lowest BCUT2D eigenvalue weighted by atomic mass is 10.2. The van der Waals surface area contributed by atoms with Gasteiger partial charge in [-0.15, -0.1) is 0 Å². The number of aromatic nitrogens is 2. The van der Waals surface area contributed by atoms with E-state index in [9.17, 15) is 0 Å². The molecule has 0 aromatic carbocycles. The van der Waals surface area contributed by atoms with Gasteiger partial charge in [-0.3, -0.25) is 0 Å². The molecule has 0 amide bonds. The summed E-state index contributed by atoms with van der Waals surface area (Å²) in [5, 5.41) is 10.9. The number of nitriles is 1. The molecule has 2 N–H and O–H groups in total. The number of aryl methyl sites for hydroxylation is 1. The van der Waals surface area contributed by atoms with Crippen LogP contribution in [0.5, 0.6) is 5.88 Å². The van der Waals surface area contributed by atoms with Crippen LogP contribution in [-0.2, 0) is 0 Å². The minimum atomic E-state index is -0.151. The summed E-state index contributed by atoms with van der Waals surface area (Å²) < 4.78 is 9.72. The molecule has 0 saturated heterocycles. The standard InChI is InChI=1S/C13H14N4OS/c1-9-2-3-10(8-14)13(16-9)18-6-4-11(15)12-5-7-19-17-12/h2-3,5,7,11H,4,6,15H2,1H3. The molecule has 0 fully saturated rings. The van der Waals surface area contributed by atoms with Crippen molar-refractivity contribution in [3.63, 3.8) is 0 Å². The fourth-order valence-corrected chi connectivity index (χ4v) is 2.15. The fourth-order valence-electron chi connectivity index (χ4n) is 1.57. The second-order valence-corrected chi connectivity index (χ2v) is 4.75. The van der Waals surface area contributed by atoms with Crippen molar-refractivity contribution >= 4 is 11.5 Å². The van der Waals surface area contributed by atoms with E-state index in [2.05, 4.69) is 15.4 Å². The summed E-state index contributed by atoms with van der Waals surface area (Å²) in [4.78, 5) is 4.20. The quantitative estimate of drug-likeness (QED) is 0.903. The topological polar surface area (TPSA) is 84.8 Å². The number of hydrogen-bond acceptors (Lipinski definition) is 6. The first kappa shape index (κ1) is 13.5. The third-order valence-corrected chi connectivity index (χ3v) is 3.20. The second-order valence-electron chi connectivity index (χ2n) is 4.09. The Morgan fingerprint density at radius 2 is 2.32 bits per heavy atom. The predicted octanol–water partition coefficient (Wildman–Crippen LogP) is 2.19. The molecule has 1 atom stereocenters. The monoisotopic (exact) mass is 274 g/mol. The second kappa shape index (κ2) is 6.27. The van der Waals surface area contributed by atoms with Crippen LogP contribution >= 0.6 is 11.5 Å². The van der Waals surface area contributed by atoms with Crippen LogP contribution in [0.4, 0.5) is 0 Å². The maximum atomic E-state index is 8.96. The molecular formula is C13H14N4OS. The first-order valence-electron chi connectivity index (χ1n) is 5.87. The van der Waals surface area contributed by atoms with E-state index in [1.807, 2.05) is 18.4 Å². The molecule has 0 bridgehead atoms. The van der Waals surface area contributed by atoms with Gasteiger partial charge in [0, 0.05) is 17.5 Å². The van der Waals surface area contributed by atoms with Gasteiger partial charge in [0.25, 0.3) is 0 Å². The Morgan fingerprint density at radius 1 is 1.47 bits per heavy atom. The van der Waals surface area contributed by atoms with Crippen LogP contribution in [-0.4, -0.2) is 16.0 Å². The van der Waals surface area contributed by atoms with Gasteiger partial charge in [-0.25, -0.2) is 4.98 Å². The van der Waals surface area contributed by atoms with Gasteiger partial charge in [-0.2, -0.15) is 9.64 Å². The number of hydrogen-bond donors (Lipinski definition) is 1. The zero-order valence-electron chi connectivity index (χ0n) is 10.5. The Balaban J connectivity index is 1.93. The highest BCUT2D eigenvalue weighted by atomic mass is 32.1. The lowest BCUT2D eigenvalue weighted by Gasteiger charge is -2.10. The van der Waals surface area contributed by atoms with Crippen molar-refractivity contribution in [1.29, 1.82) is 5.26 Å². The number of ether oxygens (including phenoxy) is 1. The van der Waals surface area contributed by atoms with E-state index in [4.69, 9.17) is 15.7 Å². The van der Waals surface area contributed by atoms with Gasteiger partial charge in [-0.1, -0.05) is 0 Å². The van der Waals surface area contributed by atoms with Gasteiger partial charge in [0.15, 0.2) is 0 Å². The third kappa shape index (κ3) is 3.50. The molecule has 0 radical (unpaired) electrons. The lowest BCUT2D eigenvalue weighted by Crippen LogP contribution is -2.15. The molecule has 0 saturated carbocycles. The Bertz CT molecular complexity index is 577. The molecular weight excluding hydrogens is 260 g/mol. The van der Waals surface area contributed by atoms with Crippen LogP contribution in [0.2, 0.25) is 0 Å². The van der Waals surface area contributed by atoms with Gasteiger partial charge >= 0.3 is 0 Å². The van der Waals surface area contributed by atoms with E-state index in [0.717, 1.165) is 11.4 Å². The van der Waals surface area contributed by atoms with Gasteiger partial charge in [-0.05, 0) is 36.7 Å². The number of nitrogens with two attached hydrogens (primary N) is 1. The van der Waals surface area contributed by atoms with Crippen LogP contribution in [0.25, 0.3) is 0 Å². The highest BCUT2D eigenvalue weighted by molar-refractivity contribution is 7.03. The summed E-state index contributed by atoms with van der Waals surface area (Å²) in [5.41, 5.74) is 8.10. The molecule has 2 heterocycles. The molecule has 0 aliphatic heterocycles. The Morgan fingerprint density at radius 3 is 3.00 bits per heavy atom. The maximum Gasteiger partial charge on any atom is 0.231 e. The van der Waals surface area contributed by atoms with E-state index in [-0.39, 0.29) is 6.04 Å². The zero-order valence-corrected chi connectivity index (χ0v) is 11.4. The van der Waals surface area contributed by atoms with Crippen LogP contribution in [0.15, 0.2) is 23.6 Å². The lowest BCUT2D eigenvalue weighted by molar-refractivity contribution is 0.286. The van der Waals surface area contributed by atoms with Gasteiger partial charge in [0.05, 0.1) is 18.3 Å². The van der Waals surface area contributed by atoms with Crippen LogP contribution < -0.4 is 10.5 Å². The average molecular weight is 274 g/mol. The van der Waals surface area contributed by atoms with Crippen molar-refractivity contribution in [3.05, 3.63) is 40.5 Å². The van der Waals surface area contributed by atoms with E-state index < -0.39 is 0 Å². The van der Waals surface area contributed by atoms with Gasteiger partial charge in [0.2, 0.25) is 5.88 Å². The van der Waals surface area contributed by atoms with Crippen molar-refractivity contribution in [2.24, 2.45) is 5.73 Å². The normalized spacial score (nSPS) is 11.8. The van der Waals surface area contributed by atoms with Crippen LogP contribution in [0.3, 0.4) is 0 Å².